The predicted molar refractivity (Wildman–Crippen MR) is 107 cm³/mol. The quantitative estimate of drug-likeness (QED) is 0.280. The molecule has 2 aromatic heterocycles. The second-order valence-corrected chi connectivity index (χ2v) is 6.58. The average Bonchev–Trinajstić information content (AvgIpc) is 2.74. The molecule has 27 heavy (non-hydrogen) atoms. The lowest BCUT2D eigenvalue weighted by Gasteiger charge is -2.34. The van der Waals surface area contributed by atoms with Gasteiger partial charge in [0.1, 0.15) is 18.0 Å². The molecule has 3 aromatic rings. The van der Waals surface area contributed by atoms with E-state index in [-0.39, 0.29) is 5.92 Å². The highest BCUT2D eigenvalue weighted by atomic mass is 15.3. The van der Waals surface area contributed by atoms with Gasteiger partial charge in [0.15, 0.2) is 0 Å². The summed E-state index contributed by atoms with van der Waals surface area (Å²) in [6, 6.07) is 10.1. The van der Waals surface area contributed by atoms with Crippen LogP contribution >= 0.6 is 0 Å². The molecule has 1 fully saturated rings. The largest absolute Gasteiger partial charge is 0.355 e. The van der Waals surface area contributed by atoms with E-state index in [9.17, 15) is 0 Å². The third-order valence-electron chi connectivity index (χ3n) is 5.03. The third-order valence-corrected chi connectivity index (χ3v) is 5.03. The first kappa shape index (κ1) is 17.2. The summed E-state index contributed by atoms with van der Waals surface area (Å²) in [4.78, 5) is 15.5. The predicted octanol–water partition coefficient (Wildman–Crippen LogP) is 1.64. The molecule has 1 aromatic carbocycles. The normalized spacial score (nSPS) is 17.9. The molecule has 0 saturated carbocycles. The Morgan fingerprint density at radius 2 is 2.04 bits per heavy atom. The number of anilines is 1. The first-order chi connectivity index (χ1) is 13.3. The SMILES string of the molecule is N/N=C(\NN)C1CCCN(c2ncnc3cccc(-c4ccncc4)c23)C1. The van der Waals surface area contributed by atoms with Crippen molar-refractivity contribution in [3.63, 3.8) is 0 Å². The van der Waals surface area contributed by atoms with Gasteiger partial charge in [0.05, 0.1) is 10.9 Å². The van der Waals surface area contributed by atoms with Crippen LogP contribution in [0.2, 0.25) is 0 Å². The van der Waals surface area contributed by atoms with Crippen LogP contribution in [0.1, 0.15) is 12.8 Å². The minimum atomic E-state index is 0.145. The molecular formula is C19H22N8. The topological polar surface area (TPSA) is 118 Å². The van der Waals surface area contributed by atoms with E-state index in [4.69, 9.17) is 11.7 Å². The molecule has 4 rings (SSSR count). The molecule has 1 atom stereocenters. The van der Waals surface area contributed by atoms with E-state index in [1.54, 1.807) is 18.7 Å². The Morgan fingerprint density at radius 1 is 1.19 bits per heavy atom. The maximum atomic E-state index is 5.58. The smallest absolute Gasteiger partial charge is 0.140 e. The Labute approximate surface area is 157 Å². The molecule has 138 valence electrons. The summed E-state index contributed by atoms with van der Waals surface area (Å²) in [6.45, 7) is 1.66. The summed E-state index contributed by atoms with van der Waals surface area (Å²) in [5.74, 6) is 12.7. The summed E-state index contributed by atoms with van der Waals surface area (Å²) in [6.07, 6.45) is 7.21. The number of piperidine rings is 1. The lowest BCUT2D eigenvalue weighted by Crippen LogP contribution is -2.46. The molecule has 1 aliphatic rings. The van der Waals surface area contributed by atoms with Crippen LogP contribution in [0.5, 0.6) is 0 Å². The van der Waals surface area contributed by atoms with Gasteiger partial charge in [-0.1, -0.05) is 12.1 Å². The number of rotatable bonds is 3. The molecule has 8 nitrogen and oxygen atoms in total. The fourth-order valence-electron chi connectivity index (χ4n) is 3.76. The molecule has 1 unspecified atom stereocenters. The van der Waals surface area contributed by atoms with Crippen molar-refractivity contribution >= 4 is 22.6 Å². The van der Waals surface area contributed by atoms with E-state index in [2.05, 4.69) is 36.4 Å². The number of amidine groups is 1. The zero-order valence-electron chi connectivity index (χ0n) is 14.9. The Hall–Kier alpha value is -3.26. The van der Waals surface area contributed by atoms with Crippen molar-refractivity contribution in [1.82, 2.24) is 20.4 Å². The van der Waals surface area contributed by atoms with Gasteiger partial charge in [-0.15, -0.1) is 0 Å². The minimum absolute atomic E-state index is 0.145. The van der Waals surface area contributed by atoms with Crippen LogP contribution in [-0.2, 0) is 0 Å². The van der Waals surface area contributed by atoms with Gasteiger partial charge in [-0.2, -0.15) is 5.10 Å². The fourth-order valence-corrected chi connectivity index (χ4v) is 3.76. The van der Waals surface area contributed by atoms with Gasteiger partial charge in [0.25, 0.3) is 0 Å². The van der Waals surface area contributed by atoms with E-state index in [0.29, 0.717) is 5.84 Å². The summed E-state index contributed by atoms with van der Waals surface area (Å²) >= 11 is 0. The van der Waals surface area contributed by atoms with Crippen LogP contribution < -0.4 is 22.0 Å². The molecular weight excluding hydrogens is 340 g/mol. The Bertz CT molecular complexity index is 951. The zero-order valence-corrected chi connectivity index (χ0v) is 14.9. The molecule has 0 bridgehead atoms. The number of hydrazine groups is 1. The number of aromatic nitrogens is 3. The van der Waals surface area contributed by atoms with Crippen LogP contribution in [-0.4, -0.2) is 33.9 Å². The molecule has 1 aliphatic heterocycles. The van der Waals surface area contributed by atoms with Crippen molar-refractivity contribution in [3.8, 4) is 11.1 Å². The van der Waals surface area contributed by atoms with Crippen molar-refractivity contribution in [3.05, 3.63) is 49.1 Å². The minimum Gasteiger partial charge on any atom is -0.355 e. The first-order valence-electron chi connectivity index (χ1n) is 8.95. The second-order valence-electron chi connectivity index (χ2n) is 6.58. The maximum absolute atomic E-state index is 5.58. The van der Waals surface area contributed by atoms with Gasteiger partial charge in [-0.25, -0.2) is 15.8 Å². The molecule has 8 heteroatoms. The van der Waals surface area contributed by atoms with E-state index < -0.39 is 0 Å². The highest BCUT2D eigenvalue weighted by Crippen LogP contribution is 2.34. The third kappa shape index (κ3) is 3.26. The molecule has 0 radical (unpaired) electrons. The van der Waals surface area contributed by atoms with Crippen molar-refractivity contribution in [2.75, 3.05) is 18.0 Å². The summed E-state index contributed by atoms with van der Waals surface area (Å²) in [7, 11) is 0. The van der Waals surface area contributed by atoms with Crippen molar-refractivity contribution in [1.29, 1.82) is 0 Å². The zero-order chi connectivity index (χ0) is 18.6. The van der Waals surface area contributed by atoms with Gasteiger partial charge in [-0.05, 0) is 42.2 Å². The number of fused-ring (bicyclic) bond motifs is 1. The summed E-state index contributed by atoms with van der Waals surface area (Å²) in [5, 5.41) is 4.84. The molecule has 0 spiro atoms. The standard InChI is InChI=1S/C19H22N8/c20-25-18(26-21)14-3-2-10-27(11-14)19-17-15(13-6-8-22-9-7-13)4-1-5-16(17)23-12-24-19/h1,4-9,12,14H,2-3,10-11,20-21H2,(H,25,26). The van der Waals surface area contributed by atoms with Crippen LogP contribution in [0.25, 0.3) is 22.0 Å². The number of hydrogen-bond donors (Lipinski definition) is 3. The van der Waals surface area contributed by atoms with Crippen molar-refractivity contribution in [2.24, 2.45) is 22.7 Å². The van der Waals surface area contributed by atoms with Gasteiger partial charge in [0, 0.05) is 31.4 Å². The average molecular weight is 362 g/mol. The lowest BCUT2D eigenvalue weighted by molar-refractivity contribution is 0.494. The number of benzene rings is 1. The Morgan fingerprint density at radius 3 is 2.81 bits per heavy atom. The van der Waals surface area contributed by atoms with Gasteiger partial charge >= 0.3 is 0 Å². The van der Waals surface area contributed by atoms with Crippen LogP contribution in [0.3, 0.4) is 0 Å². The van der Waals surface area contributed by atoms with Crippen molar-refractivity contribution < 1.29 is 0 Å². The van der Waals surface area contributed by atoms with Gasteiger partial charge in [-0.3, -0.25) is 4.98 Å². The Balaban J connectivity index is 1.80. The van der Waals surface area contributed by atoms with Crippen LogP contribution in [0.4, 0.5) is 5.82 Å². The number of nitrogens with zero attached hydrogens (tertiary/aromatic N) is 5. The number of hydrogen-bond acceptors (Lipinski definition) is 7. The Kier molecular flexibility index (Phi) is 4.80. The molecule has 1 saturated heterocycles. The maximum Gasteiger partial charge on any atom is 0.140 e. The lowest BCUT2D eigenvalue weighted by atomic mass is 9.95. The van der Waals surface area contributed by atoms with E-state index >= 15 is 0 Å². The summed E-state index contributed by atoms with van der Waals surface area (Å²) < 4.78 is 0. The van der Waals surface area contributed by atoms with E-state index in [1.807, 2.05) is 24.3 Å². The molecule has 3 heterocycles. The van der Waals surface area contributed by atoms with Crippen molar-refractivity contribution in [2.45, 2.75) is 12.8 Å². The number of nitrogens with two attached hydrogens (primary N) is 2. The first-order valence-corrected chi connectivity index (χ1v) is 8.95. The molecule has 0 amide bonds. The number of pyridine rings is 1. The fraction of sp³-hybridized carbons (Fsp3) is 0.263. The highest BCUT2D eigenvalue weighted by Gasteiger charge is 2.26. The number of hydrazone groups is 1. The molecule has 0 aliphatic carbocycles. The second kappa shape index (κ2) is 7.55. The summed E-state index contributed by atoms with van der Waals surface area (Å²) in [5.41, 5.74) is 5.73. The highest BCUT2D eigenvalue weighted by molar-refractivity contribution is 6.02. The van der Waals surface area contributed by atoms with Gasteiger partial charge in [0.2, 0.25) is 0 Å². The monoisotopic (exact) mass is 362 g/mol. The van der Waals surface area contributed by atoms with Crippen LogP contribution in [0, 0.1) is 5.92 Å². The molecule has 5 N–H and O–H groups in total. The van der Waals surface area contributed by atoms with E-state index in [0.717, 1.165) is 53.8 Å². The number of nitrogens with one attached hydrogen (secondary N) is 1. The van der Waals surface area contributed by atoms with Crippen LogP contribution in [0.15, 0.2) is 54.2 Å². The van der Waals surface area contributed by atoms with Gasteiger partial charge < -0.3 is 16.2 Å². The van der Waals surface area contributed by atoms with E-state index in [1.165, 1.54) is 0 Å².